The zero-order valence-electron chi connectivity index (χ0n) is 19.0. The van der Waals surface area contributed by atoms with Crippen LogP contribution < -0.4 is 19.5 Å². The second-order valence-corrected chi connectivity index (χ2v) is 9.41. The molecule has 0 radical (unpaired) electrons. The number of hydrogen-bond acceptors (Lipinski definition) is 8. The predicted molar refractivity (Wildman–Crippen MR) is 127 cm³/mol. The van der Waals surface area contributed by atoms with Crippen LogP contribution in [0.1, 0.15) is 19.8 Å². The predicted octanol–water partition coefficient (Wildman–Crippen LogP) is 3.98. The minimum Gasteiger partial charge on any atom is -0.497 e. The Hall–Kier alpha value is -3.24. The van der Waals surface area contributed by atoms with Gasteiger partial charge in [0, 0.05) is 23.9 Å². The Morgan fingerprint density at radius 2 is 2.03 bits per heavy atom. The van der Waals surface area contributed by atoms with Crippen LogP contribution >= 0.6 is 11.8 Å². The smallest absolute Gasteiger partial charge is 0.237 e. The molecule has 0 unspecified atom stereocenters. The molecule has 1 aromatic heterocycles. The minimum absolute atomic E-state index is 0.102. The van der Waals surface area contributed by atoms with Gasteiger partial charge in [0.1, 0.15) is 5.75 Å². The monoisotopic (exact) mass is 482 g/mol. The fourth-order valence-corrected chi connectivity index (χ4v) is 4.77. The standard InChI is InChI=1S/C24H26N4O5S/c1-15(23(29)25-17-7-10-20-21(12-17)33-14-32-20)34-24-27-26-22(16-5-8-18(30-2)9-6-16)28(24)13-19-4-3-11-31-19/h5-10,12,15,19H,3-4,11,13-14H2,1-2H3,(H,25,29)/t15-,19-/m0/s1. The summed E-state index contributed by atoms with van der Waals surface area (Å²) in [5, 5.41) is 12.1. The number of amides is 1. The zero-order chi connectivity index (χ0) is 23.5. The Balaban J connectivity index is 1.34. The average Bonchev–Trinajstić information content (AvgIpc) is 3.61. The molecule has 0 saturated carbocycles. The summed E-state index contributed by atoms with van der Waals surface area (Å²) in [5.74, 6) is 2.68. The summed E-state index contributed by atoms with van der Waals surface area (Å²) < 4.78 is 23.9. The van der Waals surface area contributed by atoms with Gasteiger partial charge in [-0.25, -0.2) is 0 Å². The number of fused-ring (bicyclic) bond motifs is 1. The Kier molecular flexibility index (Phi) is 6.59. The molecular weight excluding hydrogens is 456 g/mol. The number of anilines is 1. The number of nitrogens with one attached hydrogen (secondary N) is 1. The molecule has 0 bridgehead atoms. The van der Waals surface area contributed by atoms with Gasteiger partial charge in [0.25, 0.3) is 0 Å². The number of methoxy groups -OCH3 is 1. The maximum atomic E-state index is 12.9. The lowest BCUT2D eigenvalue weighted by Gasteiger charge is -2.17. The van der Waals surface area contributed by atoms with Gasteiger partial charge in [0.05, 0.1) is 25.0 Å². The molecule has 1 fully saturated rings. The molecule has 9 nitrogen and oxygen atoms in total. The molecule has 178 valence electrons. The number of carbonyl (C=O) groups excluding carboxylic acids is 1. The maximum absolute atomic E-state index is 12.9. The van der Waals surface area contributed by atoms with E-state index in [2.05, 4.69) is 15.5 Å². The number of thioether (sulfide) groups is 1. The van der Waals surface area contributed by atoms with Crippen LogP contribution in [0, 0.1) is 0 Å². The van der Waals surface area contributed by atoms with E-state index >= 15 is 0 Å². The van der Waals surface area contributed by atoms with Crippen LogP contribution in [-0.4, -0.2) is 52.5 Å². The molecule has 0 spiro atoms. The van der Waals surface area contributed by atoms with Gasteiger partial charge in [-0.15, -0.1) is 10.2 Å². The van der Waals surface area contributed by atoms with Crippen molar-refractivity contribution in [3.05, 3.63) is 42.5 Å². The van der Waals surface area contributed by atoms with Crippen LogP contribution in [0.4, 0.5) is 5.69 Å². The number of aromatic nitrogens is 3. The highest BCUT2D eigenvalue weighted by Crippen LogP contribution is 2.35. The Bertz CT molecular complexity index is 1160. The van der Waals surface area contributed by atoms with Gasteiger partial charge in [-0.2, -0.15) is 0 Å². The molecule has 1 amide bonds. The van der Waals surface area contributed by atoms with Crippen molar-refractivity contribution in [3.8, 4) is 28.6 Å². The average molecular weight is 483 g/mol. The number of carbonyl (C=O) groups is 1. The van der Waals surface area contributed by atoms with Crippen LogP contribution in [-0.2, 0) is 16.1 Å². The molecule has 2 aliphatic rings. The molecule has 34 heavy (non-hydrogen) atoms. The van der Waals surface area contributed by atoms with E-state index in [1.807, 2.05) is 35.8 Å². The number of hydrogen-bond donors (Lipinski definition) is 1. The Morgan fingerprint density at radius 3 is 2.79 bits per heavy atom. The zero-order valence-corrected chi connectivity index (χ0v) is 19.8. The molecule has 1 saturated heterocycles. The van der Waals surface area contributed by atoms with Crippen molar-refractivity contribution in [3.63, 3.8) is 0 Å². The summed E-state index contributed by atoms with van der Waals surface area (Å²) in [6.07, 6.45) is 2.14. The van der Waals surface area contributed by atoms with E-state index in [1.54, 1.807) is 25.3 Å². The van der Waals surface area contributed by atoms with E-state index in [-0.39, 0.29) is 18.8 Å². The van der Waals surface area contributed by atoms with Crippen molar-refractivity contribution in [1.29, 1.82) is 0 Å². The summed E-state index contributed by atoms with van der Waals surface area (Å²) in [7, 11) is 1.64. The first-order chi connectivity index (χ1) is 16.6. The largest absolute Gasteiger partial charge is 0.497 e. The summed E-state index contributed by atoms with van der Waals surface area (Å²) in [5.41, 5.74) is 1.58. The lowest BCUT2D eigenvalue weighted by atomic mass is 10.2. The molecular formula is C24H26N4O5S. The van der Waals surface area contributed by atoms with Crippen LogP contribution in [0.5, 0.6) is 17.2 Å². The van der Waals surface area contributed by atoms with E-state index in [9.17, 15) is 4.79 Å². The number of ether oxygens (including phenoxy) is 4. The Labute approximate surface area is 201 Å². The second-order valence-electron chi connectivity index (χ2n) is 8.10. The Morgan fingerprint density at radius 1 is 1.21 bits per heavy atom. The highest BCUT2D eigenvalue weighted by atomic mass is 32.2. The van der Waals surface area contributed by atoms with Gasteiger partial charge in [-0.3, -0.25) is 9.36 Å². The third-order valence-corrected chi connectivity index (χ3v) is 6.85. The van der Waals surface area contributed by atoms with Crippen molar-refractivity contribution in [2.75, 3.05) is 25.8 Å². The highest BCUT2D eigenvalue weighted by molar-refractivity contribution is 8.00. The summed E-state index contributed by atoms with van der Waals surface area (Å²) >= 11 is 1.37. The lowest BCUT2D eigenvalue weighted by Crippen LogP contribution is -2.23. The van der Waals surface area contributed by atoms with Crippen LogP contribution in [0.2, 0.25) is 0 Å². The molecule has 3 aromatic rings. The number of benzene rings is 2. The molecule has 2 aliphatic heterocycles. The van der Waals surface area contributed by atoms with E-state index < -0.39 is 5.25 Å². The molecule has 2 atom stereocenters. The molecule has 1 N–H and O–H groups in total. The number of nitrogens with zero attached hydrogens (tertiary/aromatic N) is 3. The lowest BCUT2D eigenvalue weighted by molar-refractivity contribution is -0.115. The first-order valence-corrected chi connectivity index (χ1v) is 12.0. The van der Waals surface area contributed by atoms with Crippen molar-refractivity contribution < 1.29 is 23.7 Å². The number of rotatable bonds is 8. The first kappa shape index (κ1) is 22.5. The SMILES string of the molecule is COc1ccc(-c2nnc(S[C@@H](C)C(=O)Nc3ccc4c(c3)OCO4)n2C[C@@H]2CCCO2)cc1. The van der Waals surface area contributed by atoms with Gasteiger partial charge in [0.15, 0.2) is 22.5 Å². The van der Waals surface area contributed by atoms with Gasteiger partial charge in [-0.1, -0.05) is 11.8 Å². The van der Waals surface area contributed by atoms with E-state index in [0.717, 1.165) is 36.6 Å². The summed E-state index contributed by atoms with van der Waals surface area (Å²) in [6.45, 7) is 3.44. The van der Waals surface area contributed by atoms with E-state index in [0.29, 0.717) is 28.9 Å². The van der Waals surface area contributed by atoms with E-state index in [1.165, 1.54) is 11.8 Å². The van der Waals surface area contributed by atoms with Gasteiger partial charge in [0.2, 0.25) is 12.7 Å². The third kappa shape index (κ3) is 4.83. The first-order valence-electron chi connectivity index (χ1n) is 11.2. The molecule has 5 rings (SSSR count). The van der Waals surface area contributed by atoms with Crippen molar-refractivity contribution in [2.45, 2.75) is 42.8 Å². The van der Waals surface area contributed by atoms with Gasteiger partial charge in [-0.05, 0) is 56.2 Å². The fraction of sp³-hybridized carbons (Fsp3) is 0.375. The quantitative estimate of drug-likeness (QED) is 0.482. The van der Waals surface area contributed by atoms with Gasteiger partial charge < -0.3 is 24.3 Å². The van der Waals surface area contributed by atoms with Gasteiger partial charge >= 0.3 is 0 Å². The van der Waals surface area contributed by atoms with E-state index in [4.69, 9.17) is 18.9 Å². The normalized spacial score (nSPS) is 17.5. The highest BCUT2D eigenvalue weighted by Gasteiger charge is 2.25. The summed E-state index contributed by atoms with van der Waals surface area (Å²) in [4.78, 5) is 12.9. The topological polar surface area (TPSA) is 96.7 Å². The van der Waals surface area contributed by atoms with Crippen LogP contribution in [0.3, 0.4) is 0 Å². The van der Waals surface area contributed by atoms with Crippen molar-refractivity contribution in [2.24, 2.45) is 0 Å². The molecule has 0 aliphatic carbocycles. The molecule has 3 heterocycles. The summed E-state index contributed by atoms with van der Waals surface area (Å²) in [6, 6.07) is 13.1. The van der Waals surface area contributed by atoms with Crippen molar-refractivity contribution in [1.82, 2.24) is 14.8 Å². The third-order valence-electron chi connectivity index (χ3n) is 5.77. The molecule has 2 aromatic carbocycles. The second kappa shape index (κ2) is 9.94. The van der Waals surface area contributed by atoms with Crippen molar-refractivity contribution >= 4 is 23.4 Å². The van der Waals surface area contributed by atoms with Crippen LogP contribution in [0.25, 0.3) is 11.4 Å². The molecule has 10 heteroatoms. The minimum atomic E-state index is -0.401. The fourth-order valence-electron chi connectivity index (χ4n) is 3.92. The maximum Gasteiger partial charge on any atom is 0.237 e. The van der Waals surface area contributed by atoms with Crippen LogP contribution in [0.15, 0.2) is 47.6 Å².